The molecule has 4 N–H and O–H groups in total. The number of carboxylic acid groups (broad SMARTS) is 1. The van der Waals surface area contributed by atoms with Crippen LogP contribution in [0, 0.1) is 0 Å². The summed E-state index contributed by atoms with van der Waals surface area (Å²) in [5.74, 6) is -2.06. The molecule has 0 saturated heterocycles. The third-order valence-electron chi connectivity index (χ3n) is 9.23. The predicted molar refractivity (Wildman–Crippen MR) is 203 cm³/mol. The zero-order valence-corrected chi connectivity index (χ0v) is 28.4. The van der Waals surface area contributed by atoms with E-state index < -0.39 is 17.9 Å². The number of amides is 2. The molecule has 0 saturated carbocycles. The molecule has 0 aliphatic carbocycles. The molecule has 1 atom stereocenters. The molecule has 0 fully saturated rings. The summed E-state index contributed by atoms with van der Waals surface area (Å²) in [4.78, 5) is 44.5. The number of fused-ring (bicyclic) bond motifs is 7. The molecular formula is C42H35ClN4O4. The van der Waals surface area contributed by atoms with Gasteiger partial charge >= 0.3 is 5.97 Å². The van der Waals surface area contributed by atoms with Gasteiger partial charge in [-0.15, -0.1) is 0 Å². The Bertz CT molecular complexity index is 2250. The lowest BCUT2D eigenvalue weighted by Gasteiger charge is -2.22. The van der Waals surface area contributed by atoms with Gasteiger partial charge in [0, 0.05) is 35.7 Å². The molecule has 6 aromatic carbocycles. The summed E-state index contributed by atoms with van der Waals surface area (Å²) in [7, 11) is 0. The molecule has 7 rings (SSSR count). The highest BCUT2D eigenvalue weighted by Crippen LogP contribution is 2.42. The van der Waals surface area contributed by atoms with Gasteiger partial charge in [0.2, 0.25) is 11.8 Å². The van der Waals surface area contributed by atoms with Crippen LogP contribution in [0.15, 0.2) is 126 Å². The molecule has 0 spiro atoms. The maximum Gasteiger partial charge on any atom is 0.328 e. The van der Waals surface area contributed by atoms with Gasteiger partial charge in [0.25, 0.3) is 0 Å². The van der Waals surface area contributed by atoms with Gasteiger partial charge in [-0.25, -0.2) is 4.79 Å². The van der Waals surface area contributed by atoms with Crippen molar-refractivity contribution in [1.29, 1.82) is 0 Å². The Morgan fingerprint density at radius 3 is 1.96 bits per heavy atom. The third kappa shape index (κ3) is 7.24. The molecule has 1 aliphatic heterocycles. The van der Waals surface area contributed by atoms with Crippen LogP contribution in [-0.2, 0) is 27.5 Å². The second-order valence-corrected chi connectivity index (χ2v) is 13.2. The minimum Gasteiger partial charge on any atom is -0.480 e. The van der Waals surface area contributed by atoms with Gasteiger partial charge in [-0.3, -0.25) is 19.5 Å². The number of carboxylic acids is 1. The number of aliphatic imine (C=N–C) groups is 1. The van der Waals surface area contributed by atoms with E-state index in [2.05, 4.69) is 75.9 Å². The highest BCUT2D eigenvalue weighted by Gasteiger charge is 2.26. The molecule has 8 nitrogen and oxygen atoms in total. The number of carbonyl (C=O) groups excluding carboxylic acids is 2. The van der Waals surface area contributed by atoms with Crippen molar-refractivity contribution in [1.82, 2.24) is 4.90 Å². The lowest BCUT2D eigenvalue weighted by Crippen LogP contribution is -2.32. The average Bonchev–Trinajstić information content (AvgIpc) is 3.29. The van der Waals surface area contributed by atoms with Gasteiger partial charge in [-0.1, -0.05) is 115 Å². The molecule has 254 valence electrons. The highest BCUT2D eigenvalue weighted by molar-refractivity contribution is 6.31. The van der Waals surface area contributed by atoms with Crippen LogP contribution in [-0.4, -0.2) is 46.1 Å². The minimum atomic E-state index is -1.25. The van der Waals surface area contributed by atoms with Crippen LogP contribution in [0.5, 0.6) is 0 Å². The minimum absolute atomic E-state index is 0.0776. The number of halogens is 1. The van der Waals surface area contributed by atoms with Gasteiger partial charge in [0.1, 0.15) is 6.04 Å². The quantitative estimate of drug-likeness (QED) is 0.126. The number of aliphatic carboxylic acids is 1. The average molecular weight is 695 g/mol. The van der Waals surface area contributed by atoms with Gasteiger partial charge in [-0.2, -0.15) is 0 Å². The van der Waals surface area contributed by atoms with Crippen LogP contribution < -0.4 is 11.1 Å². The number of primary amides is 1. The Kier molecular flexibility index (Phi) is 9.61. The molecule has 6 aromatic rings. The SMILES string of the molecule is NC(=O)CC[C@H](N=C(c1ccccc1)c1cc(Cl)ccc1NC(=O)CN1Cc2ccc3ccccc3c2-c2c(ccc3ccccc23)C1)C(=O)O. The van der Waals surface area contributed by atoms with E-state index in [1.807, 2.05) is 30.3 Å². The van der Waals surface area contributed by atoms with Crippen LogP contribution in [0.4, 0.5) is 5.69 Å². The summed E-state index contributed by atoms with van der Waals surface area (Å²) < 4.78 is 0. The monoisotopic (exact) mass is 694 g/mol. The van der Waals surface area contributed by atoms with Crippen molar-refractivity contribution in [3.8, 4) is 11.1 Å². The van der Waals surface area contributed by atoms with Gasteiger partial charge in [0.05, 0.1) is 17.9 Å². The molecule has 1 heterocycles. The Morgan fingerprint density at radius 2 is 1.37 bits per heavy atom. The summed E-state index contributed by atoms with van der Waals surface area (Å²) in [6, 6.07) is 38.3. The Morgan fingerprint density at radius 1 is 0.784 bits per heavy atom. The van der Waals surface area contributed by atoms with Crippen molar-refractivity contribution in [2.24, 2.45) is 10.7 Å². The molecule has 0 radical (unpaired) electrons. The van der Waals surface area contributed by atoms with E-state index in [9.17, 15) is 19.5 Å². The largest absolute Gasteiger partial charge is 0.480 e. The molecular weight excluding hydrogens is 660 g/mol. The van der Waals surface area contributed by atoms with E-state index in [0.717, 1.165) is 21.9 Å². The van der Waals surface area contributed by atoms with E-state index in [0.29, 0.717) is 40.6 Å². The van der Waals surface area contributed by atoms with Crippen molar-refractivity contribution >= 4 is 62.3 Å². The maximum atomic E-state index is 14.0. The van der Waals surface area contributed by atoms with E-state index in [-0.39, 0.29) is 25.3 Å². The van der Waals surface area contributed by atoms with Gasteiger partial charge in [0.15, 0.2) is 0 Å². The standard InChI is InChI=1S/C42H35ClN4O4/c43-31-18-19-35(34(22-31)41(28-10-2-1-3-11-28)46-36(42(50)51)20-21-37(44)48)45-38(49)25-47-23-29-16-14-26-8-4-6-12-32(26)39(29)40-30(24-47)17-15-27-9-5-7-13-33(27)40/h1-19,22,36H,20-21,23-25H2,(H2,44,48)(H,45,49)(H,50,51)/t36-/m0/s1. The number of nitrogens with zero attached hydrogens (tertiary/aromatic N) is 2. The fraction of sp³-hybridized carbons (Fsp3) is 0.143. The second-order valence-electron chi connectivity index (χ2n) is 12.7. The Hall–Kier alpha value is -5.83. The molecule has 0 unspecified atom stereocenters. The number of benzene rings is 6. The van der Waals surface area contributed by atoms with Crippen molar-refractivity contribution in [3.63, 3.8) is 0 Å². The number of nitrogens with one attached hydrogen (secondary N) is 1. The summed E-state index contributed by atoms with van der Waals surface area (Å²) in [5, 5.41) is 18.1. The summed E-state index contributed by atoms with van der Waals surface area (Å²) >= 11 is 6.49. The fourth-order valence-electron chi connectivity index (χ4n) is 6.92. The zero-order chi connectivity index (χ0) is 35.5. The first-order chi connectivity index (χ1) is 24.7. The topological polar surface area (TPSA) is 125 Å². The van der Waals surface area contributed by atoms with E-state index in [4.69, 9.17) is 17.3 Å². The van der Waals surface area contributed by atoms with Crippen LogP contribution in [0.25, 0.3) is 32.7 Å². The highest BCUT2D eigenvalue weighted by atomic mass is 35.5. The Labute approximate surface area is 300 Å². The third-order valence-corrected chi connectivity index (χ3v) is 9.46. The van der Waals surface area contributed by atoms with Gasteiger partial charge in [-0.05, 0) is 68.4 Å². The predicted octanol–water partition coefficient (Wildman–Crippen LogP) is 7.82. The zero-order valence-electron chi connectivity index (χ0n) is 27.7. The molecule has 0 bridgehead atoms. The number of hydrogen-bond acceptors (Lipinski definition) is 5. The molecule has 2 amide bonds. The van der Waals surface area contributed by atoms with Crippen LogP contribution in [0.1, 0.15) is 35.1 Å². The molecule has 1 aliphatic rings. The maximum absolute atomic E-state index is 14.0. The fourth-order valence-corrected chi connectivity index (χ4v) is 7.10. The summed E-state index contributed by atoms with van der Waals surface area (Å²) in [5.41, 5.74) is 11.8. The summed E-state index contributed by atoms with van der Waals surface area (Å²) in [6.07, 6.45) is -0.221. The normalized spacial score (nSPS) is 13.6. The van der Waals surface area contributed by atoms with E-state index in [1.165, 1.54) is 21.9 Å². The van der Waals surface area contributed by atoms with E-state index >= 15 is 0 Å². The van der Waals surface area contributed by atoms with Crippen LogP contribution >= 0.6 is 11.6 Å². The number of carbonyl (C=O) groups is 3. The second kappa shape index (κ2) is 14.6. The number of rotatable bonds is 10. The lowest BCUT2D eigenvalue weighted by molar-refractivity contribution is -0.138. The van der Waals surface area contributed by atoms with E-state index in [1.54, 1.807) is 30.3 Å². The first kappa shape index (κ1) is 33.7. The van der Waals surface area contributed by atoms with Crippen LogP contribution in [0.2, 0.25) is 5.02 Å². The first-order valence-electron chi connectivity index (χ1n) is 16.7. The number of hydrogen-bond donors (Lipinski definition) is 3. The summed E-state index contributed by atoms with van der Waals surface area (Å²) in [6.45, 7) is 1.21. The van der Waals surface area contributed by atoms with Crippen molar-refractivity contribution in [3.05, 3.63) is 149 Å². The van der Waals surface area contributed by atoms with Crippen molar-refractivity contribution in [2.45, 2.75) is 32.0 Å². The number of nitrogens with two attached hydrogens (primary N) is 1. The lowest BCUT2D eigenvalue weighted by atomic mass is 9.88. The van der Waals surface area contributed by atoms with Crippen molar-refractivity contribution in [2.75, 3.05) is 11.9 Å². The van der Waals surface area contributed by atoms with Crippen LogP contribution in [0.3, 0.4) is 0 Å². The molecule has 0 aromatic heterocycles. The molecule has 51 heavy (non-hydrogen) atoms. The smallest absolute Gasteiger partial charge is 0.328 e. The van der Waals surface area contributed by atoms with Crippen molar-refractivity contribution < 1.29 is 19.5 Å². The van der Waals surface area contributed by atoms with Gasteiger partial charge < -0.3 is 16.2 Å². The molecule has 9 heteroatoms. The first-order valence-corrected chi connectivity index (χ1v) is 17.1. The Balaban J connectivity index is 1.24. The number of anilines is 1.